The maximum absolute atomic E-state index is 11.4. The van der Waals surface area contributed by atoms with Crippen LogP contribution in [0.5, 0.6) is 5.75 Å². The Hall–Kier alpha value is -2.36. The van der Waals surface area contributed by atoms with Crippen LogP contribution in [-0.2, 0) is 4.79 Å². The van der Waals surface area contributed by atoms with E-state index >= 15 is 0 Å². The molecule has 2 rings (SSSR count). The van der Waals surface area contributed by atoms with Gasteiger partial charge in [-0.3, -0.25) is 9.79 Å². The van der Waals surface area contributed by atoms with Crippen LogP contribution in [0.4, 0.5) is 5.69 Å². The van der Waals surface area contributed by atoms with E-state index in [2.05, 4.69) is 10.3 Å². The number of rotatable bonds is 5. The summed E-state index contributed by atoms with van der Waals surface area (Å²) in [5, 5.41) is 2.83. The maximum atomic E-state index is 11.4. The van der Waals surface area contributed by atoms with E-state index in [0.717, 1.165) is 29.1 Å². The summed E-state index contributed by atoms with van der Waals surface area (Å²) in [6.07, 6.45) is 9.18. The Morgan fingerprint density at radius 2 is 1.96 bits per heavy atom. The first kappa shape index (κ1) is 22.6. The van der Waals surface area contributed by atoms with Crippen molar-refractivity contribution < 1.29 is 9.53 Å². The highest BCUT2D eigenvalue weighted by molar-refractivity contribution is 5.90. The van der Waals surface area contributed by atoms with Gasteiger partial charge in [0.15, 0.2) is 0 Å². The topological polar surface area (TPSA) is 50.7 Å². The number of benzene rings is 1. The van der Waals surface area contributed by atoms with E-state index in [-0.39, 0.29) is 5.91 Å². The van der Waals surface area contributed by atoms with Gasteiger partial charge in [0.25, 0.3) is 0 Å². The van der Waals surface area contributed by atoms with Gasteiger partial charge in [0.1, 0.15) is 12.4 Å². The molecule has 4 heteroatoms. The largest absolute Gasteiger partial charge is 0.487 e. The second-order valence-corrected chi connectivity index (χ2v) is 4.80. The van der Waals surface area contributed by atoms with E-state index < -0.39 is 0 Å². The van der Waals surface area contributed by atoms with Crippen molar-refractivity contribution in [2.45, 2.75) is 54.4 Å². The predicted octanol–water partition coefficient (Wildman–Crippen LogP) is 5.69. The van der Waals surface area contributed by atoms with E-state index in [1.165, 1.54) is 0 Å². The average Bonchev–Trinajstić information content (AvgIpc) is 2.93. The van der Waals surface area contributed by atoms with Crippen molar-refractivity contribution in [3.05, 3.63) is 47.7 Å². The Labute approximate surface area is 152 Å². The molecule has 0 bridgehead atoms. The molecule has 1 N–H and O–H groups in total. The van der Waals surface area contributed by atoms with Gasteiger partial charge in [0.05, 0.1) is 5.70 Å². The third kappa shape index (κ3) is 8.89. The van der Waals surface area contributed by atoms with Crippen molar-refractivity contribution in [2.24, 2.45) is 4.99 Å². The predicted molar refractivity (Wildman–Crippen MR) is 109 cm³/mol. The molecule has 138 valence electrons. The van der Waals surface area contributed by atoms with Crippen LogP contribution in [0, 0.1) is 6.92 Å². The summed E-state index contributed by atoms with van der Waals surface area (Å²) in [7, 11) is 0. The second-order valence-electron chi connectivity index (χ2n) is 4.80. The Kier molecular flexibility index (Phi) is 12.7. The molecule has 1 heterocycles. The van der Waals surface area contributed by atoms with Gasteiger partial charge in [-0.05, 0) is 36.8 Å². The van der Waals surface area contributed by atoms with E-state index in [1.54, 1.807) is 0 Å². The number of amides is 1. The molecular formula is C21H32N2O2. The summed E-state index contributed by atoms with van der Waals surface area (Å²) in [6.45, 7) is 12.2. The summed E-state index contributed by atoms with van der Waals surface area (Å²) in [5.74, 6) is 0.807. The molecular weight excluding hydrogens is 312 g/mol. The molecule has 1 amide bonds. The van der Waals surface area contributed by atoms with Crippen LogP contribution in [0.25, 0.3) is 0 Å². The molecule has 0 unspecified atom stereocenters. The maximum Gasteiger partial charge on any atom is 0.224 e. The van der Waals surface area contributed by atoms with Gasteiger partial charge < -0.3 is 10.1 Å². The third-order valence-electron chi connectivity index (χ3n) is 3.08. The van der Waals surface area contributed by atoms with Gasteiger partial charge >= 0.3 is 0 Å². The highest BCUT2D eigenvalue weighted by Crippen LogP contribution is 2.22. The lowest BCUT2D eigenvalue weighted by Gasteiger charge is -2.11. The fourth-order valence-corrected chi connectivity index (χ4v) is 1.91. The molecule has 0 spiro atoms. The molecule has 4 nitrogen and oxygen atoms in total. The summed E-state index contributed by atoms with van der Waals surface area (Å²) in [4.78, 5) is 15.7. The standard InChI is InChI=1S/C17H20N2O2.2C2H6/c1-3-17(20)19-14-8-9-16(13(2)11-14)21-12-15-7-5-4-6-10-18-15;2*1-2/h4-5,7-11H,3,6,12H2,1-2H3,(H,19,20);2*1-2H3. The SMILES string of the molecule is CC.CC.CCC(=O)Nc1ccc(OCC2=CC=CCC=N2)c(C)c1. The van der Waals surface area contributed by atoms with Crippen molar-refractivity contribution >= 4 is 17.8 Å². The van der Waals surface area contributed by atoms with Crippen LogP contribution < -0.4 is 10.1 Å². The highest BCUT2D eigenvalue weighted by Gasteiger charge is 2.05. The van der Waals surface area contributed by atoms with Gasteiger partial charge in [-0.1, -0.05) is 46.8 Å². The third-order valence-corrected chi connectivity index (χ3v) is 3.08. The number of hydrogen-bond donors (Lipinski definition) is 1. The number of aliphatic imine (C=N–C) groups is 1. The minimum absolute atomic E-state index is 0.00723. The molecule has 25 heavy (non-hydrogen) atoms. The molecule has 1 aromatic carbocycles. The number of anilines is 1. The van der Waals surface area contributed by atoms with Gasteiger partial charge in [-0.25, -0.2) is 0 Å². The number of carbonyl (C=O) groups is 1. The lowest BCUT2D eigenvalue weighted by atomic mass is 10.2. The fourth-order valence-electron chi connectivity index (χ4n) is 1.91. The number of hydrogen-bond acceptors (Lipinski definition) is 3. The van der Waals surface area contributed by atoms with Crippen LogP contribution in [0.1, 0.15) is 53.0 Å². The minimum atomic E-state index is 0.00723. The molecule has 0 aliphatic carbocycles. The number of nitrogens with zero attached hydrogens (tertiary/aromatic N) is 1. The summed E-state index contributed by atoms with van der Waals surface area (Å²) >= 11 is 0. The number of ether oxygens (including phenoxy) is 1. The molecule has 0 aromatic heterocycles. The number of aryl methyl sites for hydroxylation is 1. The first-order chi connectivity index (χ1) is 12.2. The molecule has 1 aromatic rings. The van der Waals surface area contributed by atoms with E-state index in [1.807, 2.05) is 84.2 Å². The van der Waals surface area contributed by atoms with Gasteiger partial charge in [-0.2, -0.15) is 0 Å². The Morgan fingerprint density at radius 1 is 1.24 bits per heavy atom. The van der Waals surface area contributed by atoms with Crippen LogP contribution in [-0.4, -0.2) is 18.7 Å². The lowest BCUT2D eigenvalue weighted by molar-refractivity contribution is -0.115. The van der Waals surface area contributed by atoms with Crippen molar-refractivity contribution in [2.75, 3.05) is 11.9 Å². The first-order valence-corrected chi connectivity index (χ1v) is 9.10. The number of nitrogens with one attached hydrogen (secondary N) is 1. The zero-order valence-electron chi connectivity index (χ0n) is 16.4. The molecule has 1 aliphatic rings. The van der Waals surface area contributed by atoms with Gasteiger partial charge in [0, 0.05) is 24.7 Å². The van der Waals surface area contributed by atoms with Crippen LogP contribution in [0.3, 0.4) is 0 Å². The minimum Gasteiger partial charge on any atom is -0.487 e. The first-order valence-electron chi connectivity index (χ1n) is 9.10. The molecule has 0 saturated carbocycles. The summed E-state index contributed by atoms with van der Waals surface area (Å²) in [6, 6.07) is 5.63. The van der Waals surface area contributed by atoms with Crippen molar-refractivity contribution in [3.63, 3.8) is 0 Å². The lowest BCUT2D eigenvalue weighted by Crippen LogP contribution is -2.09. The number of allylic oxidation sites excluding steroid dienone is 3. The number of carbonyl (C=O) groups excluding carboxylic acids is 1. The molecule has 0 atom stereocenters. The fraction of sp³-hybridized carbons (Fsp3) is 0.429. The molecule has 0 radical (unpaired) electrons. The van der Waals surface area contributed by atoms with Gasteiger partial charge in [-0.15, -0.1) is 0 Å². The Morgan fingerprint density at radius 3 is 2.60 bits per heavy atom. The van der Waals surface area contributed by atoms with Crippen LogP contribution in [0.2, 0.25) is 0 Å². The summed E-state index contributed by atoms with van der Waals surface area (Å²) in [5.41, 5.74) is 2.67. The molecule has 0 fully saturated rings. The zero-order valence-corrected chi connectivity index (χ0v) is 16.4. The average molecular weight is 344 g/mol. The smallest absolute Gasteiger partial charge is 0.224 e. The normalized spacial score (nSPS) is 11.8. The zero-order chi connectivity index (χ0) is 19.1. The van der Waals surface area contributed by atoms with E-state index in [4.69, 9.17) is 4.74 Å². The van der Waals surface area contributed by atoms with Crippen molar-refractivity contribution in [1.82, 2.24) is 0 Å². The Balaban J connectivity index is 0.00000134. The molecule has 0 saturated heterocycles. The van der Waals surface area contributed by atoms with E-state index in [9.17, 15) is 4.79 Å². The Bertz CT molecular complexity index is 602. The van der Waals surface area contributed by atoms with Gasteiger partial charge in [0.2, 0.25) is 5.91 Å². The van der Waals surface area contributed by atoms with Crippen LogP contribution >= 0.6 is 0 Å². The van der Waals surface area contributed by atoms with Crippen LogP contribution in [0.15, 0.2) is 47.1 Å². The second kappa shape index (κ2) is 14.0. The monoisotopic (exact) mass is 344 g/mol. The molecule has 1 aliphatic heterocycles. The highest BCUT2D eigenvalue weighted by atomic mass is 16.5. The van der Waals surface area contributed by atoms with Crippen molar-refractivity contribution in [1.29, 1.82) is 0 Å². The van der Waals surface area contributed by atoms with E-state index in [0.29, 0.717) is 13.0 Å². The van der Waals surface area contributed by atoms with Crippen molar-refractivity contribution in [3.8, 4) is 5.75 Å². The quantitative estimate of drug-likeness (QED) is 0.746. The summed E-state index contributed by atoms with van der Waals surface area (Å²) < 4.78 is 5.79.